The lowest BCUT2D eigenvalue weighted by Gasteiger charge is -2.37. The molecule has 0 bridgehead atoms. The van der Waals surface area contributed by atoms with Crippen LogP contribution in [0.2, 0.25) is 5.02 Å². The number of hydrogen-bond acceptors (Lipinski definition) is 8. The van der Waals surface area contributed by atoms with Gasteiger partial charge in [-0.25, -0.2) is 0 Å². The summed E-state index contributed by atoms with van der Waals surface area (Å²) >= 11 is 7.94. The van der Waals surface area contributed by atoms with E-state index in [4.69, 9.17) is 16.6 Å². The monoisotopic (exact) mass is 622 g/mol. The maximum absolute atomic E-state index is 13.3. The highest BCUT2D eigenvalue weighted by Gasteiger charge is 2.32. The number of aromatic nitrogens is 3. The molecular weight excluding hydrogens is 580 g/mol. The number of carbonyl (C=O) groups excluding carboxylic acids is 1. The smallest absolute Gasteiger partial charge is 0.222 e. The van der Waals surface area contributed by atoms with Crippen LogP contribution in [0.5, 0.6) is 0 Å². The molecule has 3 aliphatic rings. The first-order valence-electron chi connectivity index (χ1n) is 15.7. The van der Waals surface area contributed by atoms with Gasteiger partial charge in [-0.1, -0.05) is 23.7 Å². The van der Waals surface area contributed by atoms with Gasteiger partial charge in [0.1, 0.15) is 16.9 Å². The van der Waals surface area contributed by atoms with Gasteiger partial charge in [0.05, 0.1) is 12.1 Å². The third kappa shape index (κ3) is 6.88. The van der Waals surface area contributed by atoms with Gasteiger partial charge in [0.15, 0.2) is 5.82 Å². The molecule has 1 aromatic carbocycles. The van der Waals surface area contributed by atoms with Crippen LogP contribution in [0.3, 0.4) is 0 Å². The topological polar surface area (TPSA) is 90.7 Å². The predicted molar refractivity (Wildman–Crippen MR) is 174 cm³/mol. The van der Waals surface area contributed by atoms with Crippen molar-refractivity contribution in [3.63, 3.8) is 0 Å². The zero-order valence-electron chi connectivity index (χ0n) is 25.5. The van der Waals surface area contributed by atoms with E-state index in [1.54, 1.807) is 11.3 Å². The Balaban J connectivity index is 1.08. The molecule has 1 atom stereocenters. The molecule has 43 heavy (non-hydrogen) atoms. The molecule has 2 saturated heterocycles. The summed E-state index contributed by atoms with van der Waals surface area (Å²) in [5, 5.41) is 17.3. The fourth-order valence-electron chi connectivity index (χ4n) is 6.54. The predicted octanol–water partition coefficient (Wildman–Crippen LogP) is 4.31. The Morgan fingerprint density at radius 3 is 2.51 bits per heavy atom. The van der Waals surface area contributed by atoms with E-state index in [2.05, 4.69) is 49.0 Å². The molecule has 0 saturated carbocycles. The number of aliphatic imine (C=N–C) groups is 1. The van der Waals surface area contributed by atoms with Crippen LogP contribution in [0.4, 0.5) is 0 Å². The third-order valence-corrected chi connectivity index (χ3v) is 10.6. The Hall–Kier alpha value is -2.63. The Morgan fingerprint density at radius 1 is 1.05 bits per heavy atom. The van der Waals surface area contributed by atoms with Crippen LogP contribution < -0.4 is 10.6 Å². The molecule has 9 nitrogen and oxygen atoms in total. The number of nitrogens with zero attached hydrogens (tertiary/aromatic N) is 6. The molecule has 5 heterocycles. The first-order valence-corrected chi connectivity index (χ1v) is 16.9. The number of piperidine rings is 1. The van der Waals surface area contributed by atoms with Gasteiger partial charge in [-0.05, 0) is 83.3 Å². The van der Waals surface area contributed by atoms with E-state index < -0.39 is 6.04 Å². The van der Waals surface area contributed by atoms with Gasteiger partial charge >= 0.3 is 0 Å². The summed E-state index contributed by atoms with van der Waals surface area (Å²) in [7, 11) is 0. The summed E-state index contributed by atoms with van der Waals surface area (Å²) in [6.45, 7) is 16.0. The standard InChI is InChI=1S/C32H43ClN8OS/c1-21-22(2)43-32-29(21)30(25-5-7-26(33)8-6-25)36-27(31-38-37-23(3)41(31)32)19-28(42)35-11-4-14-39-15-17-40(18-16-39)20-24-9-12-34-13-10-24/h5-8,24,27,34H,4,9-20H2,1-3H3,(H,35,42)/t27-/m0/s1. The molecule has 230 valence electrons. The van der Waals surface area contributed by atoms with Gasteiger partial charge in [-0.3, -0.25) is 14.4 Å². The lowest BCUT2D eigenvalue weighted by molar-refractivity contribution is -0.121. The number of piperazine rings is 1. The Bertz CT molecular complexity index is 1450. The number of benzene rings is 1. The van der Waals surface area contributed by atoms with Crippen molar-refractivity contribution < 1.29 is 4.79 Å². The van der Waals surface area contributed by atoms with Crippen LogP contribution in [0, 0.1) is 26.7 Å². The minimum atomic E-state index is -0.445. The van der Waals surface area contributed by atoms with Gasteiger partial charge < -0.3 is 20.4 Å². The number of aryl methyl sites for hydroxylation is 2. The first kappa shape index (κ1) is 30.4. The first-order chi connectivity index (χ1) is 20.9. The highest BCUT2D eigenvalue weighted by molar-refractivity contribution is 7.15. The summed E-state index contributed by atoms with van der Waals surface area (Å²) in [6.07, 6.45) is 3.77. The fourth-order valence-corrected chi connectivity index (χ4v) is 7.88. The van der Waals surface area contributed by atoms with E-state index in [-0.39, 0.29) is 12.3 Å². The maximum Gasteiger partial charge on any atom is 0.222 e. The van der Waals surface area contributed by atoms with Gasteiger partial charge in [0.25, 0.3) is 0 Å². The summed E-state index contributed by atoms with van der Waals surface area (Å²) in [5.41, 5.74) is 4.11. The Kier molecular flexibility index (Phi) is 9.59. The molecule has 0 spiro atoms. The molecule has 3 aliphatic heterocycles. The van der Waals surface area contributed by atoms with Gasteiger partial charge in [0.2, 0.25) is 5.91 Å². The number of amides is 1. The van der Waals surface area contributed by atoms with Crippen molar-refractivity contribution in [2.24, 2.45) is 10.9 Å². The normalized spacial score (nSPS) is 19.9. The number of nitrogens with one attached hydrogen (secondary N) is 2. The lowest BCUT2D eigenvalue weighted by atomic mass is 9.97. The number of halogens is 1. The fraction of sp³-hybridized carbons (Fsp3) is 0.562. The van der Waals surface area contributed by atoms with Crippen LogP contribution in [0.15, 0.2) is 29.3 Å². The molecule has 2 aromatic heterocycles. The highest BCUT2D eigenvalue weighted by Crippen LogP contribution is 2.39. The van der Waals surface area contributed by atoms with Crippen molar-refractivity contribution in [3.05, 3.63) is 62.5 Å². The highest BCUT2D eigenvalue weighted by atomic mass is 35.5. The third-order valence-electron chi connectivity index (χ3n) is 9.15. The summed E-state index contributed by atoms with van der Waals surface area (Å²) < 4.78 is 2.09. The van der Waals surface area contributed by atoms with Crippen molar-refractivity contribution in [3.8, 4) is 5.00 Å². The quantitative estimate of drug-likeness (QED) is 0.346. The van der Waals surface area contributed by atoms with Crippen LogP contribution in [-0.4, -0.2) is 95.1 Å². The van der Waals surface area contributed by atoms with Crippen LogP contribution in [-0.2, 0) is 4.79 Å². The largest absolute Gasteiger partial charge is 0.356 e. The van der Waals surface area contributed by atoms with Gasteiger partial charge in [0, 0.05) is 60.3 Å². The summed E-state index contributed by atoms with van der Waals surface area (Å²) in [6, 6.07) is 7.33. The molecule has 3 aromatic rings. The number of fused-ring (bicyclic) bond motifs is 3. The molecule has 6 rings (SSSR count). The SMILES string of the molecule is Cc1sc2c(c1C)C(c1ccc(Cl)cc1)=N[C@@H](CC(=O)NCCCN1CCN(CC3CCNCC3)CC1)c1nnc(C)n1-2. The molecule has 0 aliphatic carbocycles. The van der Waals surface area contributed by atoms with Crippen molar-refractivity contribution in [1.29, 1.82) is 0 Å². The van der Waals surface area contributed by atoms with E-state index in [1.807, 2.05) is 31.2 Å². The molecular formula is C32H43ClN8OS. The van der Waals surface area contributed by atoms with E-state index >= 15 is 0 Å². The minimum absolute atomic E-state index is 0.0126. The average Bonchev–Trinajstić information content (AvgIpc) is 3.49. The zero-order chi connectivity index (χ0) is 29.9. The van der Waals surface area contributed by atoms with Crippen molar-refractivity contribution in [1.82, 2.24) is 35.2 Å². The summed E-state index contributed by atoms with van der Waals surface area (Å²) in [5.74, 6) is 2.34. The molecule has 11 heteroatoms. The maximum atomic E-state index is 13.3. The van der Waals surface area contributed by atoms with E-state index in [0.29, 0.717) is 17.4 Å². The Morgan fingerprint density at radius 2 is 1.77 bits per heavy atom. The van der Waals surface area contributed by atoms with Crippen molar-refractivity contribution in [2.75, 3.05) is 58.9 Å². The van der Waals surface area contributed by atoms with E-state index in [9.17, 15) is 4.79 Å². The lowest BCUT2D eigenvalue weighted by Crippen LogP contribution is -2.49. The van der Waals surface area contributed by atoms with Crippen molar-refractivity contribution in [2.45, 2.75) is 52.5 Å². The molecule has 1 amide bonds. The van der Waals surface area contributed by atoms with Gasteiger partial charge in [-0.2, -0.15) is 0 Å². The number of carbonyl (C=O) groups is 1. The van der Waals surface area contributed by atoms with Crippen LogP contribution >= 0.6 is 22.9 Å². The van der Waals surface area contributed by atoms with Crippen molar-refractivity contribution >= 4 is 34.6 Å². The Labute approximate surface area is 263 Å². The molecule has 0 unspecified atom stereocenters. The minimum Gasteiger partial charge on any atom is -0.356 e. The second-order valence-corrected chi connectivity index (χ2v) is 13.8. The second-order valence-electron chi connectivity index (χ2n) is 12.1. The summed E-state index contributed by atoms with van der Waals surface area (Å²) in [4.78, 5) is 24.9. The number of rotatable bonds is 9. The second kappa shape index (κ2) is 13.6. The molecule has 2 fully saturated rings. The zero-order valence-corrected chi connectivity index (χ0v) is 27.1. The van der Waals surface area contributed by atoms with E-state index in [1.165, 1.54) is 42.9 Å². The molecule has 2 N–H and O–H groups in total. The van der Waals surface area contributed by atoms with Gasteiger partial charge in [-0.15, -0.1) is 21.5 Å². The van der Waals surface area contributed by atoms with Crippen LogP contribution in [0.25, 0.3) is 5.00 Å². The average molecular weight is 623 g/mol. The van der Waals surface area contributed by atoms with Crippen LogP contribution in [0.1, 0.15) is 64.9 Å². The number of thiophene rings is 1. The van der Waals surface area contributed by atoms with E-state index in [0.717, 1.165) is 72.7 Å². The molecule has 0 radical (unpaired) electrons. The number of hydrogen-bond donors (Lipinski definition) is 2.